The lowest BCUT2D eigenvalue weighted by atomic mass is 10.1. The van der Waals surface area contributed by atoms with Gasteiger partial charge in [-0.25, -0.2) is 0 Å². The van der Waals surface area contributed by atoms with E-state index in [9.17, 15) is 5.11 Å². The summed E-state index contributed by atoms with van der Waals surface area (Å²) >= 11 is 0. The summed E-state index contributed by atoms with van der Waals surface area (Å²) in [6.07, 6.45) is 4.39. The highest BCUT2D eigenvalue weighted by atomic mass is 16.3. The van der Waals surface area contributed by atoms with Crippen LogP contribution in [0.2, 0.25) is 0 Å². The molecule has 1 fully saturated rings. The molecule has 3 nitrogen and oxygen atoms in total. The lowest BCUT2D eigenvalue weighted by molar-refractivity contribution is 0.177. The van der Waals surface area contributed by atoms with Gasteiger partial charge in [0.2, 0.25) is 0 Å². The van der Waals surface area contributed by atoms with Crippen LogP contribution >= 0.6 is 0 Å². The minimum Gasteiger partial charge on any atom is -0.393 e. The van der Waals surface area contributed by atoms with E-state index in [1.165, 1.54) is 12.8 Å². The maximum Gasteiger partial charge on any atom is 0.0543 e. The molecule has 0 aromatic rings. The summed E-state index contributed by atoms with van der Waals surface area (Å²) in [5.74, 6) is 0.712. The Hall–Kier alpha value is -0.120. The number of nitrogens with zero attached hydrogens (tertiary/aromatic N) is 1. The van der Waals surface area contributed by atoms with Gasteiger partial charge in [0.05, 0.1) is 6.10 Å². The van der Waals surface area contributed by atoms with Gasteiger partial charge in [0, 0.05) is 0 Å². The average molecular weight is 200 g/mol. The van der Waals surface area contributed by atoms with E-state index in [1.807, 2.05) is 0 Å². The van der Waals surface area contributed by atoms with Crippen molar-refractivity contribution < 1.29 is 5.11 Å². The van der Waals surface area contributed by atoms with E-state index < -0.39 is 0 Å². The molecule has 1 aliphatic carbocycles. The van der Waals surface area contributed by atoms with Crippen molar-refractivity contribution in [1.29, 1.82) is 0 Å². The third-order valence-electron chi connectivity index (χ3n) is 2.91. The van der Waals surface area contributed by atoms with Gasteiger partial charge in [-0.3, -0.25) is 0 Å². The third-order valence-corrected chi connectivity index (χ3v) is 2.91. The summed E-state index contributed by atoms with van der Waals surface area (Å²) in [5.41, 5.74) is 0. The molecule has 84 valence electrons. The van der Waals surface area contributed by atoms with E-state index in [0.29, 0.717) is 5.92 Å². The Bertz CT molecular complexity index is 150. The van der Waals surface area contributed by atoms with Crippen LogP contribution in [0.25, 0.3) is 0 Å². The normalized spacial score (nSPS) is 27.4. The van der Waals surface area contributed by atoms with Crippen molar-refractivity contribution in [2.75, 3.05) is 33.7 Å². The Morgan fingerprint density at radius 1 is 1.36 bits per heavy atom. The first-order chi connectivity index (χ1) is 6.68. The van der Waals surface area contributed by atoms with Gasteiger partial charge in [0.1, 0.15) is 0 Å². The lowest BCUT2D eigenvalue weighted by Gasteiger charge is -2.12. The zero-order valence-electron chi connectivity index (χ0n) is 9.50. The Balaban J connectivity index is 1.89. The van der Waals surface area contributed by atoms with Gasteiger partial charge in [0.15, 0.2) is 0 Å². The predicted molar refractivity (Wildman–Crippen MR) is 59.4 cm³/mol. The first kappa shape index (κ1) is 12.0. The molecule has 0 heterocycles. The molecule has 2 N–H and O–H groups in total. The first-order valence-corrected chi connectivity index (χ1v) is 5.72. The molecular formula is C11H24N2O. The fraction of sp³-hybridized carbons (Fsp3) is 1.00. The van der Waals surface area contributed by atoms with Crippen LogP contribution in [0.15, 0.2) is 0 Å². The van der Waals surface area contributed by atoms with E-state index in [2.05, 4.69) is 24.3 Å². The Morgan fingerprint density at radius 3 is 2.71 bits per heavy atom. The van der Waals surface area contributed by atoms with Crippen LogP contribution in [0.1, 0.15) is 25.7 Å². The number of hydrogen-bond acceptors (Lipinski definition) is 3. The molecule has 1 saturated carbocycles. The number of aliphatic hydroxyl groups excluding tert-OH is 1. The highest BCUT2D eigenvalue weighted by molar-refractivity contribution is 4.76. The Labute approximate surface area is 87.5 Å². The smallest absolute Gasteiger partial charge is 0.0543 e. The summed E-state index contributed by atoms with van der Waals surface area (Å²) < 4.78 is 0. The van der Waals surface area contributed by atoms with E-state index in [-0.39, 0.29) is 6.10 Å². The molecule has 0 amide bonds. The number of nitrogens with one attached hydrogen (secondary N) is 1. The molecule has 0 aromatic carbocycles. The maximum absolute atomic E-state index is 9.34. The van der Waals surface area contributed by atoms with Crippen molar-refractivity contribution in [2.45, 2.75) is 31.8 Å². The summed E-state index contributed by atoms with van der Waals surface area (Å²) in [7, 11) is 4.21. The molecule has 0 radical (unpaired) electrons. The van der Waals surface area contributed by atoms with Gasteiger partial charge < -0.3 is 15.3 Å². The Kier molecular flexibility index (Phi) is 5.45. The van der Waals surface area contributed by atoms with Gasteiger partial charge in [-0.05, 0) is 65.3 Å². The zero-order chi connectivity index (χ0) is 10.4. The van der Waals surface area contributed by atoms with Crippen molar-refractivity contribution in [1.82, 2.24) is 10.2 Å². The first-order valence-electron chi connectivity index (χ1n) is 5.72. The van der Waals surface area contributed by atoms with E-state index >= 15 is 0 Å². The summed E-state index contributed by atoms with van der Waals surface area (Å²) in [4.78, 5) is 2.21. The number of hydrogen-bond donors (Lipinski definition) is 2. The predicted octanol–water partition coefficient (Wildman–Crippen LogP) is 0.689. The highest BCUT2D eigenvalue weighted by Gasteiger charge is 2.21. The molecule has 0 spiro atoms. The number of rotatable bonds is 6. The second kappa shape index (κ2) is 6.38. The van der Waals surface area contributed by atoms with Crippen LogP contribution in [0.3, 0.4) is 0 Å². The molecular weight excluding hydrogens is 176 g/mol. The summed E-state index contributed by atoms with van der Waals surface area (Å²) in [5, 5.41) is 12.8. The zero-order valence-corrected chi connectivity index (χ0v) is 9.50. The van der Waals surface area contributed by atoms with Gasteiger partial charge >= 0.3 is 0 Å². The van der Waals surface area contributed by atoms with Gasteiger partial charge in [-0.15, -0.1) is 0 Å². The summed E-state index contributed by atoms with van der Waals surface area (Å²) in [6.45, 7) is 3.34. The van der Waals surface area contributed by atoms with Crippen LogP contribution in [0.4, 0.5) is 0 Å². The fourth-order valence-corrected chi connectivity index (χ4v) is 2.06. The molecule has 0 aliphatic heterocycles. The maximum atomic E-state index is 9.34. The molecule has 0 bridgehead atoms. The molecule has 0 aromatic heterocycles. The minimum absolute atomic E-state index is 0.0245. The Morgan fingerprint density at radius 2 is 2.14 bits per heavy atom. The quantitative estimate of drug-likeness (QED) is 0.619. The average Bonchev–Trinajstić information content (AvgIpc) is 2.50. The second-order valence-electron chi connectivity index (χ2n) is 4.69. The lowest BCUT2D eigenvalue weighted by Crippen LogP contribution is -2.25. The molecule has 14 heavy (non-hydrogen) atoms. The monoisotopic (exact) mass is 200 g/mol. The van der Waals surface area contributed by atoms with Crippen LogP contribution in [0, 0.1) is 5.92 Å². The molecule has 1 rings (SSSR count). The van der Waals surface area contributed by atoms with Crippen molar-refractivity contribution in [3.8, 4) is 0 Å². The van der Waals surface area contributed by atoms with Crippen LogP contribution in [-0.2, 0) is 0 Å². The van der Waals surface area contributed by atoms with E-state index in [4.69, 9.17) is 0 Å². The van der Waals surface area contributed by atoms with Crippen LogP contribution in [-0.4, -0.2) is 49.8 Å². The standard InChI is InChI=1S/C11H24N2O/c1-13(2)7-3-6-12-9-10-4-5-11(14)8-10/h10-12,14H,3-9H2,1-2H3. The van der Waals surface area contributed by atoms with Crippen molar-refractivity contribution in [3.05, 3.63) is 0 Å². The van der Waals surface area contributed by atoms with Crippen LogP contribution in [0.5, 0.6) is 0 Å². The van der Waals surface area contributed by atoms with Crippen molar-refractivity contribution in [3.63, 3.8) is 0 Å². The fourth-order valence-electron chi connectivity index (χ4n) is 2.06. The van der Waals surface area contributed by atoms with Crippen molar-refractivity contribution >= 4 is 0 Å². The van der Waals surface area contributed by atoms with E-state index in [0.717, 1.165) is 32.5 Å². The molecule has 0 saturated heterocycles. The van der Waals surface area contributed by atoms with E-state index in [1.54, 1.807) is 0 Å². The topological polar surface area (TPSA) is 35.5 Å². The third kappa shape index (κ3) is 4.94. The molecule has 2 unspecified atom stereocenters. The number of aliphatic hydroxyl groups is 1. The van der Waals surface area contributed by atoms with Gasteiger partial charge in [-0.2, -0.15) is 0 Å². The van der Waals surface area contributed by atoms with Gasteiger partial charge in [-0.1, -0.05) is 0 Å². The highest BCUT2D eigenvalue weighted by Crippen LogP contribution is 2.24. The van der Waals surface area contributed by atoms with Gasteiger partial charge in [0.25, 0.3) is 0 Å². The largest absolute Gasteiger partial charge is 0.393 e. The SMILES string of the molecule is CN(C)CCCNCC1CCC(O)C1. The molecule has 2 atom stereocenters. The second-order valence-corrected chi connectivity index (χ2v) is 4.69. The summed E-state index contributed by atoms with van der Waals surface area (Å²) in [6, 6.07) is 0. The van der Waals surface area contributed by atoms with Crippen LogP contribution < -0.4 is 5.32 Å². The minimum atomic E-state index is -0.0245. The molecule has 1 aliphatic rings. The molecule has 3 heteroatoms. The van der Waals surface area contributed by atoms with Crippen molar-refractivity contribution in [2.24, 2.45) is 5.92 Å².